The van der Waals surface area contributed by atoms with E-state index >= 15 is 0 Å². The Labute approximate surface area is 151 Å². The number of alkyl halides is 6. The number of hydrogen-bond acceptors (Lipinski definition) is 0. The van der Waals surface area contributed by atoms with Gasteiger partial charge in [-0.05, 0) is 48.2 Å². The van der Waals surface area contributed by atoms with Gasteiger partial charge in [-0.15, -0.1) is 0 Å². The minimum absolute atomic E-state index is 0.320. The van der Waals surface area contributed by atoms with Gasteiger partial charge in [0.2, 0.25) is 0 Å². The molecular weight excluding hydrogens is 466 g/mol. The van der Waals surface area contributed by atoms with Crippen molar-refractivity contribution in [2.75, 3.05) is 0 Å². The van der Waals surface area contributed by atoms with Crippen LogP contribution in [-0.4, -0.2) is 0 Å². The first kappa shape index (κ1) is 19.3. The van der Waals surface area contributed by atoms with Crippen LogP contribution < -0.4 is 0 Å². The van der Waals surface area contributed by atoms with Gasteiger partial charge in [0.15, 0.2) is 0 Å². The van der Waals surface area contributed by atoms with Crippen LogP contribution in [0.2, 0.25) is 0 Å². The van der Waals surface area contributed by atoms with Crippen LogP contribution in [0.15, 0.2) is 45.3 Å². The van der Waals surface area contributed by atoms with Crippen molar-refractivity contribution in [3.8, 4) is 0 Å². The van der Waals surface area contributed by atoms with E-state index in [0.717, 1.165) is 24.3 Å². The van der Waals surface area contributed by atoms with Crippen molar-refractivity contribution >= 4 is 31.9 Å². The second kappa shape index (κ2) is 7.07. The lowest BCUT2D eigenvalue weighted by Gasteiger charge is -2.12. The molecule has 0 fully saturated rings. The lowest BCUT2D eigenvalue weighted by atomic mass is 10.0. The Morgan fingerprint density at radius 1 is 0.625 bits per heavy atom. The van der Waals surface area contributed by atoms with E-state index < -0.39 is 23.5 Å². The maximum absolute atomic E-state index is 12.6. The van der Waals surface area contributed by atoms with Crippen molar-refractivity contribution in [2.45, 2.75) is 25.2 Å². The first-order valence-electron chi connectivity index (χ1n) is 6.70. The molecule has 0 nitrogen and oxygen atoms in total. The highest BCUT2D eigenvalue weighted by molar-refractivity contribution is 9.10. The van der Waals surface area contributed by atoms with Crippen molar-refractivity contribution in [3.05, 3.63) is 67.6 Å². The van der Waals surface area contributed by atoms with Gasteiger partial charge >= 0.3 is 12.4 Å². The third-order valence-corrected chi connectivity index (χ3v) is 4.90. The zero-order valence-corrected chi connectivity index (χ0v) is 15.1. The van der Waals surface area contributed by atoms with E-state index in [1.165, 1.54) is 12.1 Å². The van der Waals surface area contributed by atoms with Crippen LogP contribution in [-0.2, 0) is 25.2 Å². The molecule has 0 radical (unpaired) electrons. The lowest BCUT2D eigenvalue weighted by molar-refractivity contribution is -0.138. The first-order chi connectivity index (χ1) is 11.0. The van der Waals surface area contributed by atoms with Gasteiger partial charge in [-0.25, -0.2) is 0 Å². The molecule has 0 atom stereocenters. The Kier molecular flexibility index (Phi) is 5.69. The second-order valence-corrected chi connectivity index (χ2v) is 6.82. The summed E-state index contributed by atoms with van der Waals surface area (Å²) in [5.74, 6) is 0. The highest BCUT2D eigenvalue weighted by Gasteiger charge is 2.31. The Hall–Kier alpha value is -1.02. The molecule has 2 aromatic rings. The van der Waals surface area contributed by atoms with Crippen LogP contribution in [0.25, 0.3) is 0 Å². The molecule has 24 heavy (non-hydrogen) atoms. The molecule has 0 aliphatic heterocycles. The topological polar surface area (TPSA) is 0 Å². The van der Waals surface area contributed by atoms with Crippen molar-refractivity contribution in [1.82, 2.24) is 0 Å². The Balaban J connectivity index is 2.14. The average Bonchev–Trinajstić information content (AvgIpc) is 2.45. The molecule has 0 heterocycles. The zero-order chi connectivity index (χ0) is 18.1. The predicted molar refractivity (Wildman–Crippen MR) is 85.7 cm³/mol. The molecule has 0 N–H and O–H groups in total. The van der Waals surface area contributed by atoms with Crippen molar-refractivity contribution in [3.63, 3.8) is 0 Å². The second-order valence-electron chi connectivity index (χ2n) is 5.11. The number of halogens is 8. The largest absolute Gasteiger partial charge is 0.416 e. The standard InChI is InChI=1S/C16H10Br2F6/c17-13-7-11(15(19,20)21)5-3-9(13)1-2-10-4-6-12(8-14(10)18)16(22,23)24/h3-8H,1-2H2. The maximum atomic E-state index is 12.6. The lowest BCUT2D eigenvalue weighted by Crippen LogP contribution is -2.06. The summed E-state index contributed by atoms with van der Waals surface area (Å²) in [5, 5.41) is 0. The molecule has 0 unspecified atom stereocenters. The number of rotatable bonds is 3. The van der Waals surface area contributed by atoms with Crippen LogP contribution in [0.1, 0.15) is 22.3 Å². The van der Waals surface area contributed by atoms with E-state index in [2.05, 4.69) is 31.9 Å². The summed E-state index contributed by atoms with van der Waals surface area (Å²) in [6, 6.07) is 6.70. The van der Waals surface area contributed by atoms with E-state index in [9.17, 15) is 26.3 Å². The maximum Gasteiger partial charge on any atom is 0.416 e. The Morgan fingerprint density at radius 3 is 1.21 bits per heavy atom. The van der Waals surface area contributed by atoms with Crippen LogP contribution in [0, 0.1) is 0 Å². The third kappa shape index (κ3) is 4.75. The van der Waals surface area contributed by atoms with Crippen LogP contribution in [0.3, 0.4) is 0 Å². The van der Waals surface area contributed by atoms with Crippen molar-refractivity contribution in [2.24, 2.45) is 0 Å². The van der Waals surface area contributed by atoms with Crippen LogP contribution in [0.4, 0.5) is 26.3 Å². The molecular formula is C16H10Br2F6. The molecule has 0 aliphatic rings. The zero-order valence-electron chi connectivity index (χ0n) is 11.9. The van der Waals surface area contributed by atoms with Gasteiger partial charge in [-0.1, -0.05) is 44.0 Å². The van der Waals surface area contributed by atoms with E-state index in [1.807, 2.05) is 0 Å². The summed E-state index contributed by atoms with van der Waals surface area (Å²) in [5.41, 5.74) is -0.215. The first-order valence-corrected chi connectivity index (χ1v) is 8.28. The van der Waals surface area contributed by atoms with Gasteiger partial charge in [0.05, 0.1) is 11.1 Å². The third-order valence-electron chi connectivity index (χ3n) is 3.42. The fraction of sp³-hybridized carbons (Fsp3) is 0.250. The smallest absolute Gasteiger partial charge is 0.166 e. The van der Waals surface area contributed by atoms with E-state index in [-0.39, 0.29) is 0 Å². The fourth-order valence-electron chi connectivity index (χ4n) is 2.12. The highest BCUT2D eigenvalue weighted by Crippen LogP contribution is 2.34. The summed E-state index contributed by atoms with van der Waals surface area (Å²) in [6.07, 6.45) is -8.06. The highest BCUT2D eigenvalue weighted by atomic mass is 79.9. The molecule has 2 rings (SSSR count). The quantitative estimate of drug-likeness (QED) is 0.418. The van der Waals surface area contributed by atoms with Gasteiger partial charge < -0.3 is 0 Å². The van der Waals surface area contributed by atoms with Gasteiger partial charge in [0, 0.05) is 8.95 Å². The molecule has 0 spiro atoms. The molecule has 2 aromatic carbocycles. The summed E-state index contributed by atoms with van der Waals surface area (Å²) >= 11 is 6.22. The SMILES string of the molecule is FC(F)(F)c1ccc(CCc2ccc(C(F)(F)F)cc2Br)c(Br)c1. The summed E-state index contributed by atoms with van der Waals surface area (Å²) in [7, 11) is 0. The van der Waals surface area contributed by atoms with Gasteiger partial charge in [0.25, 0.3) is 0 Å². The molecule has 0 saturated heterocycles. The predicted octanol–water partition coefficient (Wildman–Crippen LogP) is 7.03. The molecule has 0 aliphatic carbocycles. The van der Waals surface area contributed by atoms with Crippen molar-refractivity contribution < 1.29 is 26.3 Å². The average molecular weight is 476 g/mol. The van der Waals surface area contributed by atoms with Crippen LogP contribution >= 0.6 is 31.9 Å². The molecule has 0 bridgehead atoms. The Morgan fingerprint density at radius 2 is 0.958 bits per heavy atom. The van der Waals surface area contributed by atoms with Gasteiger partial charge in [0.1, 0.15) is 0 Å². The summed E-state index contributed by atoms with van der Waals surface area (Å²) in [4.78, 5) is 0. The molecule has 8 heteroatoms. The minimum atomic E-state index is -4.42. The normalized spacial score (nSPS) is 12.5. The van der Waals surface area contributed by atoms with E-state index in [1.54, 1.807) is 0 Å². The molecule has 0 aromatic heterocycles. The molecule has 0 amide bonds. The minimum Gasteiger partial charge on any atom is -0.166 e. The monoisotopic (exact) mass is 474 g/mol. The van der Waals surface area contributed by atoms with Gasteiger partial charge in [-0.3, -0.25) is 0 Å². The van der Waals surface area contributed by atoms with E-state index in [0.29, 0.717) is 32.9 Å². The van der Waals surface area contributed by atoms with Crippen molar-refractivity contribution in [1.29, 1.82) is 0 Å². The fourth-order valence-corrected chi connectivity index (χ4v) is 3.28. The van der Waals surface area contributed by atoms with Crippen LogP contribution in [0.5, 0.6) is 0 Å². The number of hydrogen-bond donors (Lipinski definition) is 0. The summed E-state index contributed by atoms with van der Waals surface area (Å²) in [6.45, 7) is 0. The number of aryl methyl sites for hydroxylation is 2. The molecule has 130 valence electrons. The molecule has 0 saturated carbocycles. The summed E-state index contributed by atoms with van der Waals surface area (Å²) < 4.78 is 76.4. The Bertz CT molecular complexity index is 671. The number of benzene rings is 2. The van der Waals surface area contributed by atoms with E-state index in [4.69, 9.17) is 0 Å². The van der Waals surface area contributed by atoms with Gasteiger partial charge in [-0.2, -0.15) is 26.3 Å².